The van der Waals surface area contributed by atoms with E-state index >= 15 is 0 Å². The first-order valence-corrected chi connectivity index (χ1v) is 11.1. The normalized spacial score (nSPS) is 18.9. The van der Waals surface area contributed by atoms with Crippen molar-refractivity contribution < 1.29 is 27.8 Å². The quantitative estimate of drug-likeness (QED) is 0.321. The van der Waals surface area contributed by atoms with Crippen LogP contribution in [0.4, 0.5) is 23.2 Å². The van der Waals surface area contributed by atoms with Gasteiger partial charge in [0.25, 0.3) is 0 Å². The van der Waals surface area contributed by atoms with Gasteiger partial charge in [0.2, 0.25) is 0 Å². The van der Waals surface area contributed by atoms with E-state index in [1.807, 2.05) is 12.1 Å². The van der Waals surface area contributed by atoms with Crippen molar-refractivity contribution in [1.29, 1.82) is 0 Å². The van der Waals surface area contributed by atoms with Crippen molar-refractivity contribution in [2.75, 3.05) is 5.32 Å². The molecule has 1 heterocycles. The van der Waals surface area contributed by atoms with E-state index in [1.54, 1.807) is 24.3 Å². The maximum Gasteiger partial charge on any atom is 0.433 e. The number of nitrogens with zero attached hydrogens (tertiary/aromatic N) is 1. The summed E-state index contributed by atoms with van der Waals surface area (Å²) in [5, 5.41) is 23.9. The molecule has 1 aromatic heterocycles. The third kappa shape index (κ3) is 4.05. The van der Waals surface area contributed by atoms with Gasteiger partial charge >= 0.3 is 6.18 Å². The Labute approximate surface area is 194 Å². The molecule has 0 bridgehead atoms. The number of benzene rings is 2. The van der Waals surface area contributed by atoms with Crippen LogP contribution in [0, 0.1) is 11.2 Å². The molecule has 2 aliphatic carbocycles. The summed E-state index contributed by atoms with van der Waals surface area (Å²) in [5.74, 6) is -0.356. The van der Waals surface area contributed by atoms with Gasteiger partial charge in [-0.1, -0.05) is 24.3 Å². The summed E-state index contributed by atoms with van der Waals surface area (Å²) in [5.41, 5.74) is 1.43. The van der Waals surface area contributed by atoms with Gasteiger partial charge in [0.1, 0.15) is 17.7 Å². The zero-order valence-corrected chi connectivity index (χ0v) is 18.2. The van der Waals surface area contributed by atoms with Crippen LogP contribution in [0.2, 0.25) is 0 Å². The number of aromatic nitrogens is 1. The molecule has 2 aliphatic rings. The van der Waals surface area contributed by atoms with E-state index in [9.17, 15) is 27.8 Å². The van der Waals surface area contributed by atoms with Crippen molar-refractivity contribution in [3.05, 3.63) is 83.4 Å². The average Bonchev–Trinajstić information content (AvgIpc) is 3.59. The highest BCUT2D eigenvalue weighted by atomic mass is 19.4. The van der Waals surface area contributed by atoms with E-state index in [-0.39, 0.29) is 16.8 Å². The first-order chi connectivity index (χ1) is 16.1. The number of aliphatic hydroxyl groups excluding tert-OH is 2. The molecule has 0 aliphatic heterocycles. The maximum atomic E-state index is 13.3. The van der Waals surface area contributed by atoms with Gasteiger partial charge in [-0.3, -0.25) is 4.98 Å². The lowest BCUT2D eigenvalue weighted by molar-refractivity contribution is -0.141. The Bertz CT molecular complexity index is 1180. The summed E-state index contributed by atoms with van der Waals surface area (Å²) in [7, 11) is 0. The van der Waals surface area contributed by atoms with E-state index in [2.05, 4.69) is 10.3 Å². The van der Waals surface area contributed by atoms with E-state index in [1.165, 1.54) is 12.1 Å². The third-order valence-electron chi connectivity index (χ3n) is 7.23. The molecule has 0 radical (unpaired) electrons. The zero-order valence-electron chi connectivity index (χ0n) is 18.2. The Kier molecular flexibility index (Phi) is 5.41. The molecule has 1 atom stereocenters. The van der Waals surface area contributed by atoms with Gasteiger partial charge in [-0.05, 0) is 78.1 Å². The molecule has 3 aromatic rings. The van der Waals surface area contributed by atoms with Crippen molar-refractivity contribution >= 4 is 5.69 Å². The van der Waals surface area contributed by atoms with Gasteiger partial charge in [0, 0.05) is 22.9 Å². The summed E-state index contributed by atoms with van der Waals surface area (Å²) >= 11 is 0. The fourth-order valence-corrected chi connectivity index (χ4v) is 5.24. The molecule has 178 valence electrons. The van der Waals surface area contributed by atoms with E-state index in [4.69, 9.17) is 0 Å². The van der Waals surface area contributed by atoms with Crippen LogP contribution in [0.3, 0.4) is 0 Å². The van der Waals surface area contributed by atoms with E-state index in [0.29, 0.717) is 16.8 Å². The Balaban J connectivity index is 1.43. The second kappa shape index (κ2) is 8.06. The third-order valence-corrected chi connectivity index (χ3v) is 7.23. The molecule has 4 nitrogen and oxygen atoms in total. The zero-order chi connectivity index (χ0) is 24.1. The summed E-state index contributed by atoms with van der Waals surface area (Å²) < 4.78 is 52.2. The minimum atomic E-state index is -4.59. The van der Waals surface area contributed by atoms with Crippen LogP contribution in [0.1, 0.15) is 42.5 Å². The van der Waals surface area contributed by atoms with Crippen LogP contribution in [-0.2, 0) is 18.2 Å². The van der Waals surface area contributed by atoms with Crippen LogP contribution < -0.4 is 5.32 Å². The van der Waals surface area contributed by atoms with E-state index in [0.717, 1.165) is 43.5 Å². The number of halogens is 4. The molecule has 2 aromatic carbocycles. The lowest BCUT2D eigenvalue weighted by atomic mass is 9.55. The van der Waals surface area contributed by atoms with Gasteiger partial charge in [0.15, 0.2) is 0 Å². The number of rotatable bonds is 6. The van der Waals surface area contributed by atoms with Gasteiger partial charge in [0.05, 0.1) is 6.61 Å². The molecule has 2 saturated carbocycles. The highest BCUT2D eigenvalue weighted by Crippen LogP contribution is 2.69. The van der Waals surface area contributed by atoms with Crippen LogP contribution in [0.25, 0.3) is 11.1 Å². The number of nitrogens with one attached hydrogen (secondary N) is 1. The van der Waals surface area contributed by atoms with Gasteiger partial charge < -0.3 is 15.5 Å². The number of anilines is 1. The Morgan fingerprint density at radius 3 is 2.21 bits per heavy atom. The Morgan fingerprint density at radius 1 is 1.00 bits per heavy atom. The van der Waals surface area contributed by atoms with Crippen molar-refractivity contribution in [3.63, 3.8) is 0 Å². The molecule has 0 amide bonds. The molecular formula is C26H24F4N2O2. The van der Waals surface area contributed by atoms with Crippen molar-refractivity contribution in [2.45, 2.75) is 50.1 Å². The monoisotopic (exact) mass is 472 g/mol. The summed E-state index contributed by atoms with van der Waals surface area (Å²) in [6.45, 7) is -0.546. The second-order valence-corrected chi connectivity index (χ2v) is 9.52. The fraction of sp³-hybridized carbons (Fsp3) is 0.346. The lowest BCUT2D eigenvalue weighted by Crippen LogP contribution is -2.54. The predicted octanol–water partition coefficient (Wildman–Crippen LogP) is 5.64. The van der Waals surface area contributed by atoms with Crippen LogP contribution >= 0.6 is 0 Å². The van der Waals surface area contributed by atoms with Crippen LogP contribution in [-0.4, -0.2) is 21.4 Å². The molecule has 1 unspecified atom stereocenters. The molecule has 2 fully saturated rings. The van der Waals surface area contributed by atoms with Crippen molar-refractivity contribution in [1.82, 2.24) is 4.98 Å². The van der Waals surface area contributed by atoms with Crippen LogP contribution in [0.5, 0.6) is 0 Å². The predicted molar refractivity (Wildman–Crippen MR) is 119 cm³/mol. The lowest BCUT2D eigenvalue weighted by Gasteiger charge is -2.52. The smallest absolute Gasteiger partial charge is 0.392 e. The fourth-order valence-electron chi connectivity index (χ4n) is 5.24. The first kappa shape index (κ1) is 22.8. The van der Waals surface area contributed by atoms with Gasteiger partial charge in [-0.15, -0.1) is 0 Å². The molecule has 0 saturated heterocycles. The SMILES string of the molecule is OCc1cc(C(F)(F)F)ncc1-c1ccc(C2(C(O)Nc3ccc(F)cc3)CC3(CC3)C2)cc1. The molecule has 34 heavy (non-hydrogen) atoms. The molecule has 5 rings (SSSR count). The number of alkyl halides is 3. The highest BCUT2D eigenvalue weighted by molar-refractivity contribution is 5.67. The summed E-state index contributed by atoms with van der Waals surface area (Å²) in [6.07, 6.45) is -0.449. The highest BCUT2D eigenvalue weighted by Gasteiger charge is 2.64. The molecule has 1 spiro atoms. The molecule has 3 N–H and O–H groups in total. The second-order valence-electron chi connectivity index (χ2n) is 9.52. The average molecular weight is 472 g/mol. The number of aliphatic hydroxyl groups is 2. The van der Waals surface area contributed by atoms with Crippen molar-refractivity contribution in [3.8, 4) is 11.1 Å². The minimum Gasteiger partial charge on any atom is -0.392 e. The van der Waals surface area contributed by atoms with Crippen molar-refractivity contribution in [2.24, 2.45) is 5.41 Å². The Hall–Kier alpha value is -2.97. The molecular weight excluding hydrogens is 448 g/mol. The topological polar surface area (TPSA) is 65.4 Å². The minimum absolute atomic E-state index is 0.142. The van der Waals surface area contributed by atoms with Crippen LogP contribution in [0.15, 0.2) is 60.8 Å². The van der Waals surface area contributed by atoms with E-state index < -0.39 is 30.1 Å². The first-order valence-electron chi connectivity index (χ1n) is 11.1. The number of hydrogen-bond acceptors (Lipinski definition) is 4. The standard InChI is InChI=1S/C26H24F4N2O2/c27-19-5-7-20(8-6-19)32-23(34)25(14-24(15-25)9-10-24)18-3-1-16(2-4-18)21-12-31-22(26(28,29)30)11-17(21)13-33/h1-8,11-12,23,32-34H,9-10,13-15H2. The largest absolute Gasteiger partial charge is 0.433 e. The summed E-state index contributed by atoms with van der Waals surface area (Å²) in [6, 6.07) is 14.0. The molecule has 8 heteroatoms. The maximum absolute atomic E-state index is 13.3. The Morgan fingerprint density at radius 2 is 1.65 bits per heavy atom. The number of pyridine rings is 1. The summed E-state index contributed by atoms with van der Waals surface area (Å²) in [4.78, 5) is 3.53. The number of hydrogen-bond donors (Lipinski definition) is 3. The van der Waals surface area contributed by atoms with Gasteiger partial charge in [-0.2, -0.15) is 13.2 Å². The van der Waals surface area contributed by atoms with Gasteiger partial charge in [-0.25, -0.2) is 4.39 Å².